The van der Waals surface area contributed by atoms with Gasteiger partial charge >= 0.3 is 0 Å². The monoisotopic (exact) mass is 343 g/mol. The second kappa shape index (κ2) is 5.38. The van der Waals surface area contributed by atoms with Gasteiger partial charge in [-0.05, 0) is 67.3 Å². The summed E-state index contributed by atoms with van der Waals surface area (Å²) in [5, 5.41) is 0. The Kier molecular flexibility index (Phi) is 4.07. The van der Waals surface area contributed by atoms with Gasteiger partial charge in [-0.2, -0.15) is 0 Å². The van der Waals surface area contributed by atoms with E-state index in [0.29, 0.717) is 0 Å². The van der Waals surface area contributed by atoms with Crippen LogP contribution in [0.3, 0.4) is 0 Å². The first kappa shape index (κ1) is 12.9. The standard InChI is InChI=1S/C14H18INO/c1-10(2)16(9-11-7-8-11)14(17)12-5-3-4-6-13(12)15/h3-6,10-11H,7-9H2,1-2H3. The number of hydrogen-bond donors (Lipinski definition) is 0. The van der Waals surface area contributed by atoms with Gasteiger partial charge in [-0.25, -0.2) is 0 Å². The van der Waals surface area contributed by atoms with Crippen molar-refractivity contribution in [2.75, 3.05) is 6.54 Å². The number of carbonyl (C=O) groups excluding carboxylic acids is 1. The first-order valence-corrected chi connectivity index (χ1v) is 7.23. The topological polar surface area (TPSA) is 20.3 Å². The zero-order chi connectivity index (χ0) is 12.4. The van der Waals surface area contributed by atoms with E-state index in [1.807, 2.05) is 29.2 Å². The second-order valence-electron chi connectivity index (χ2n) is 4.97. The van der Waals surface area contributed by atoms with Crippen LogP contribution in [-0.2, 0) is 0 Å². The van der Waals surface area contributed by atoms with Gasteiger partial charge in [-0.1, -0.05) is 12.1 Å². The Balaban J connectivity index is 2.18. The molecular formula is C14H18INO. The molecule has 0 radical (unpaired) electrons. The van der Waals surface area contributed by atoms with Crippen LogP contribution in [0.2, 0.25) is 0 Å². The van der Waals surface area contributed by atoms with Crippen molar-refractivity contribution in [3.05, 3.63) is 33.4 Å². The van der Waals surface area contributed by atoms with Crippen molar-refractivity contribution in [3.63, 3.8) is 0 Å². The third-order valence-corrected chi connectivity index (χ3v) is 4.08. The molecule has 0 spiro atoms. The van der Waals surface area contributed by atoms with Crippen molar-refractivity contribution in [1.29, 1.82) is 0 Å². The Morgan fingerprint density at radius 2 is 2.06 bits per heavy atom. The molecule has 0 saturated heterocycles. The predicted molar refractivity (Wildman–Crippen MR) is 78.1 cm³/mol. The third kappa shape index (κ3) is 3.21. The lowest BCUT2D eigenvalue weighted by Crippen LogP contribution is -2.38. The Hall–Kier alpha value is -0.580. The summed E-state index contributed by atoms with van der Waals surface area (Å²) < 4.78 is 1.04. The molecule has 2 nitrogen and oxygen atoms in total. The van der Waals surface area contributed by atoms with E-state index in [9.17, 15) is 4.79 Å². The molecule has 92 valence electrons. The van der Waals surface area contributed by atoms with Gasteiger partial charge in [0.05, 0.1) is 5.56 Å². The predicted octanol–water partition coefficient (Wildman–Crippen LogP) is 3.55. The fourth-order valence-corrected chi connectivity index (χ4v) is 2.51. The minimum absolute atomic E-state index is 0.178. The maximum Gasteiger partial charge on any atom is 0.255 e. The van der Waals surface area contributed by atoms with Gasteiger partial charge in [0.15, 0.2) is 0 Å². The summed E-state index contributed by atoms with van der Waals surface area (Å²) in [5.74, 6) is 0.916. The summed E-state index contributed by atoms with van der Waals surface area (Å²) in [5.41, 5.74) is 0.836. The van der Waals surface area contributed by atoms with Crippen molar-refractivity contribution in [1.82, 2.24) is 4.90 Å². The summed E-state index contributed by atoms with van der Waals surface area (Å²) >= 11 is 2.23. The number of benzene rings is 1. The van der Waals surface area contributed by atoms with E-state index in [1.54, 1.807) is 0 Å². The molecule has 0 atom stereocenters. The van der Waals surface area contributed by atoms with Crippen molar-refractivity contribution < 1.29 is 4.79 Å². The zero-order valence-electron chi connectivity index (χ0n) is 10.3. The molecule has 1 amide bonds. The molecule has 17 heavy (non-hydrogen) atoms. The lowest BCUT2D eigenvalue weighted by Gasteiger charge is -2.27. The molecular weight excluding hydrogens is 325 g/mol. The number of carbonyl (C=O) groups is 1. The highest BCUT2D eigenvalue weighted by Gasteiger charge is 2.29. The van der Waals surface area contributed by atoms with Crippen LogP contribution in [0.1, 0.15) is 37.0 Å². The van der Waals surface area contributed by atoms with E-state index in [0.717, 1.165) is 21.6 Å². The Morgan fingerprint density at radius 3 is 2.59 bits per heavy atom. The molecule has 1 saturated carbocycles. The van der Waals surface area contributed by atoms with Crippen LogP contribution in [0.15, 0.2) is 24.3 Å². The normalized spacial score (nSPS) is 15.1. The average molecular weight is 343 g/mol. The fraction of sp³-hybridized carbons (Fsp3) is 0.500. The van der Waals surface area contributed by atoms with Crippen molar-refractivity contribution in [3.8, 4) is 0 Å². The molecule has 0 unspecified atom stereocenters. The Bertz CT molecular complexity index is 412. The number of nitrogens with zero attached hydrogens (tertiary/aromatic N) is 1. The lowest BCUT2D eigenvalue weighted by molar-refractivity contribution is 0.0695. The van der Waals surface area contributed by atoms with E-state index in [2.05, 4.69) is 36.4 Å². The molecule has 2 rings (SSSR count). The van der Waals surface area contributed by atoms with E-state index >= 15 is 0 Å². The molecule has 3 heteroatoms. The van der Waals surface area contributed by atoms with Crippen LogP contribution >= 0.6 is 22.6 Å². The van der Waals surface area contributed by atoms with Crippen molar-refractivity contribution in [2.24, 2.45) is 5.92 Å². The first-order chi connectivity index (χ1) is 8.09. The molecule has 0 aromatic heterocycles. The molecule has 0 aliphatic heterocycles. The number of hydrogen-bond acceptors (Lipinski definition) is 1. The molecule has 0 heterocycles. The largest absolute Gasteiger partial charge is 0.336 e. The van der Waals surface area contributed by atoms with Crippen LogP contribution in [0, 0.1) is 9.49 Å². The van der Waals surface area contributed by atoms with E-state index in [1.165, 1.54) is 12.8 Å². The summed E-state index contributed by atoms with van der Waals surface area (Å²) in [6.07, 6.45) is 2.56. The minimum atomic E-state index is 0.178. The number of amides is 1. The summed E-state index contributed by atoms with van der Waals surface area (Å²) in [6.45, 7) is 5.10. The summed E-state index contributed by atoms with van der Waals surface area (Å²) in [4.78, 5) is 14.5. The Morgan fingerprint density at radius 1 is 1.41 bits per heavy atom. The number of halogens is 1. The van der Waals surface area contributed by atoms with Gasteiger partial charge in [0, 0.05) is 16.2 Å². The quantitative estimate of drug-likeness (QED) is 0.766. The van der Waals surface area contributed by atoms with Crippen LogP contribution < -0.4 is 0 Å². The van der Waals surface area contributed by atoms with Crippen molar-refractivity contribution >= 4 is 28.5 Å². The van der Waals surface area contributed by atoms with Crippen LogP contribution in [-0.4, -0.2) is 23.4 Å². The zero-order valence-corrected chi connectivity index (χ0v) is 12.5. The molecule has 0 N–H and O–H groups in total. The SMILES string of the molecule is CC(C)N(CC1CC1)C(=O)c1ccccc1I. The first-order valence-electron chi connectivity index (χ1n) is 6.15. The highest BCUT2D eigenvalue weighted by Crippen LogP contribution is 2.31. The van der Waals surface area contributed by atoms with Crippen LogP contribution in [0.5, 0.6) is 0 Å². The molecule has 1 aromatic carbocycles. The molecule has 1 fully saturated rings. The van der Waals surface area contributed by atoms with Gasteiger partial charge in [0.25, 0.3) is 5.91 Å². The summed E-state index contributed by atoms with van der Waals surface area (Å²) in [7, 11) is 0. The van der Waals surface area contributed by atoms with E-state index < -0.39 is 0 Å². The molecule has 1 aliphatic rings. The smallest absolute Gasteiger partial charge is 0.255 e. The average Bonchev–Trinajstić information content (AvgIpc) is 3.09. The maximum absolute atomic E-state index is 12.5. The van der Waals surface area contributed by atoms with Gasteiger partial charge in [-0.15, -0.1) is 0 Å². The minimum Gasteiger partial charge on any atom is -0.336 e. The number of rotatable bonds is 4. The third-order valence-electron chi connectivity index (χ3n) is 3.14. The van der Waals surface area contributed by atoms with Crippen LogP contribution in [0.25, 0.3) is 0 Å². The van der Waals surface area contributed by atoms with E-state index in [4.69, 9.17) is 0 Å². The molecule has 0 bridgehead atoms. The molecule has 1 aromatic rings. The highest BCUT2D eigenvalue weighted by molar-refractivity contribution is 14.1. The fourth-order valence-electron chi connectivity index (χ4n) is 1.90. The Labute approximate surface area is 117 Å². The highest BCUT2D eigenvalue weighted by atomic mass is 127. The van der Waals surface area contributed by atoms with Gasteiger partial charge in [0.2, 0.25) is 0 Å². The van der Waals surface area contributed by atoms with Gasteiger partial charge in [-0.3, -0.25) is 4.79 Å². The lowest BCUT2D eigenvalue weighted by atomic mass is 10.1. The maximum atomic E-state index is 12.5. The molecule has 1 aliphatic carbocycles. The van der Waals surface area contributed by atoms with E-state index in [-0.39, 0.29) is 11.9 Å². The van der Waals surface area contributed by atoms with Gasteiger partial charge < -0.3 is 4.90 Å². The van der Waals surface area contributed by atoms with Crippen molar-refractivity contribution in [2.45, 2.75) is 32.7 Å². The van der Waals surface area contributed by atoms with Crippen LogP contribution in [0.4, 0.5) is 0 Å². The second-order valence-corrected chi connectivity index (χ2v) is 6.14. The summed E-state index contributed by atoms with van der Waals surface area (Å²) in [6, 6.07) is 8.10. The van der Waals surface area contributed by atoms with Gasteiger partial charge in [0.1, 0.15) is 0 Å².